The molecule has 1 N–H and O–H groups in total. The standard InChI is InChI=1S/C28H23BrCl3NO4/c1-35-23-11-15(10-20(29)27(23)37-13-14-6-7-16(30)12-22(14)32)25-18-5-3-4-17(18)24-19(28(34)36-2)8-9-21(31)26(24)33-25/h3-4,6-12,17-18,25,33H,5,13H2,1-2H3/t17-,18+,25+/m1/s1. The van der Waals surface area contributed by atoms with E-state index in [2.05, 4.69) is 33.4 Å². The van der Waals surface area contributed by atoms with Crippen LogP contribution in [-0.2, 0) is 11.3 Å². The zero-order valence-electron chi connectivity index (χ0n) is 20.0. The SMILES string of the molecule is COC(=O)c1ccc(Cl)c2c1[C@@H]1C=CC[C@@H]1[C@H](c1cc(Br)c(OCc3ccc(Cl)cc3Cl)c(OC)c1)N2. The van der Waals surface area contributed by atoms with Crippen LogP contribution in [0.15, 0.2) is 59.1 Å². The Bertz CT molecular complexity index is 1410. The molecule has 5 nitrogen and oxygen atoms in total. The average Bonchev–Trinajstić information content (AvgIpc) is 3.38. The van der Waals surface area contributed by atoms with Crippen molar-refractivity contribution in [3.05, 3.63) is 96.4 Å². The monoisotopic (exact) mass is 621 g/mol. The smallest absolute Gasteiger partial charge is 0.338 e. The number of esters is 1. The number of ether oxygens (including phenoxy) is 3. The number of nitrogens with one attached hydrogen (secondary N) is 1. The lowest BCUT2D eigenvalue weighted by atomic mass is 9.75. The fraction of sp³-hybridized carbons (Fsp3) is 0.250. The van der Waals surface area contributed by atoms with Crippen molar-refractivity contribution < 1.29 is 19.0 Å². The number of rotatable bonds is 6. The van der Waals surface area contributed by atoms with Crippen LogP contribution in [0.3, 0.4) is 0 Å². The molecular formula is C28H23BrCl3NO4. The Kier molecular flexibility index (Phi) is 7.64. The van der Waals surface area contributed by atoms with Crippen LogP contribution in [0.1, 0.15) is 45.4 Å². The zero-order valence-corrected chi connectivity index (χ0v) is 23.8. The first-order chi connectivity index (χ1) is 17.8. The largest absolute Gasteiger partial charge is 0.493 e. The van der Waals surface area contributed by atoms with Crippen LogP contribution in [-0.4, -0.2) is 20.2 Å². The molecule has 1 aliphatic heterocycles. The van der Waals surface area contributed by atoms with Gasteiger partial charge in [0.05, 0.1) is 41.0 Å². The lowest BCUT2D eigenvalue weighted by molar-refractivity contribution is 0.0598. The van der Waals surface area contributed by atoms with E-state index in [9.17, 15) is 4.79 Å². The molecule has 0 spiro atoms. The third kappa shape index (κ3) is 4.92. The lowest BCUT2D eigenvalue weighted by Crippen LogP contribution is -2.31. The first-order valence-electron chi connectivity index (χ1n) is 11.6. The highest BCUT2D eigenvalue weighted by Gasteiger charge is 2.41. The Labute approximate surface area is 238 Å². The Balaban J connectivity index is 1.50. The molecule has 3 aromatic rings. The van der Waals surface area contributed by atoms with Gasteiger partial charge in [-0.05, 0) is 75.8 Å². The third-order valence-corrected chi connectivity index (χ3v) is 8.36. The molecule has 9 heteroatoms. The summed E-state index contributed by atoms with van der Waals surface area (Å²) in [5, 5.41) is 5.27. The minimum atomic E-state index is -0.376. The summed E-state index contributed by atoms with van der Waals surface area (Å²) in [6.07, 6.45) is 5.16. The minimum Gasteiger partial charge on any atom is -0.493 e. The van der Waals surface area contributed by atoms with Crippen molar-refractivity contribution in [3.8, 4) is 11.5 Å². The number of fused-ring (bicyclic) bond motifs is 3. The molecule has 2 aliphatic rings. The van der Waals surface area contributed by atoms with Gasteiger partial charge in [0.25, 0.3) is 0 Å². The third-order valence-electron chi connectivity index (χ3n) is 6.87. The molecule has 0 unspecified atom stereocenters. The number of methoxy groups -OCH3 is 2. The molecule has 1 aliphatic carbocycles. The predicted octanol–water partition coefficient (Wildman–Crippen LogP) is 8.61. The molecule has 192 valence electrons. The quantitative estimate of drug-likeness (QED) is 0.220. The topological polar surface area (TPSA) is 56.8 Å². The van der Waals surface area contributed by atoms with E-state index in [-0.39, 0.29) is 30.5 Å². The number of halogens is 4. The second-order valence-electron chi connectivity index (χ2n) is 8.91. The number of carbonyl (C=O) groups excluding carboxylic acids is 1. The summed E-state index contributed by atoms with van der Waals surface area (Å²) in [5.41, 5.74) is 3.96. The van der Waals surface area contributed by atoms with Gasteiger partial charge in [-0.3, -0.25) is 0 Å². The van der Waals surface area contributed by atoms with Crippen LogP contribution in [0.5, 0.6) is 11.5 Å². The van der Waals surface area contributed by atoms with Gasteiger partial charge in [-0.15, -0.1) is 0 Å². The molecule has 3 atom stereocenters. The second-order valence-corrected chi connectivity index (χ2v) is 11.0. The van der Waals surface area contributed by atoms with Gasteiger partial charge in [0, 0.05) is 21.5 Å². The summed E-state index contributed by atoms with van der Waals surface area (Å²) in [7, 11) is 3.00. The van der Waals surface area contributed by atoms with Crippen molar-refractivity contribution in [2.45, 2.75) is 25.0 Å². The van der Waals surface area contributed by atoms with E-state index in [1.54, 1.807) is 31.4 Å². The van der Waals surface area contributed by atoms with Gasteiger partial charge in [-0.25, -0.2) is 4.79 Å². The molecule has 1 heterocycles. The van der Waals surface area contributed by atoms with E-state index in [1.165, 1.54) is 7.11 Å². The minimum absolute atomic E-state index is 0.0155. The first kappa shape index (κ1) is 26.2. The van der Waals surface area contributed by atoms with Gasteiger partial charge >= 0.3 is 5.97 Å². The number of hydrogen-bond acceptors (Lipinski definition) is 5. The predicted molar refractivity (Wildman–Crippen MR) is 151 cm³/mol. The number of benzene rings is 3. The fourth-order valence-electron chi connectivity index (χ4n) is 5.14. The maximum atomic E-state index is 12.5. The Hall–Kier alpha value is -2.38. The van der Waals surface area contributed by atoms with Crippen LogP contribution in [0.2, 0.25) is 15.1 Å². The Morgan fingerprint density at radius 3 is 2.62 bits per heavy atom. The summed E-state index contributed by atoms with van der Waals surface area (Å²) in [4.78, 5) is 12.5. The maximum absolute atomic E-state index is 12.5. The van der Waals surface area contributed by atoms with Gasteiger partial charge in [0.15, 0.2) is 11.5 Å². The van der Waals surface area contributed by atoms with Crippen molar-refractivity contribution >= 4 is 62.4 Å². The van der Waals surface area contributed by atoms with E-state index in [0.29, 0.717) is 32.1 Å². The van der Waals surface area contributed by atoms with Crippen molar-refractivity contribution in [2.24, 2.45) is 5.92 Å². The van der Waals surface area contributed by atoms with Gasteiger partial charge in [0.2, 0.25) is 0 Å². The van der Waals surface area contributed by atoms with Crippen molar-refractivity contribution in [3.63, 3.8) is 0 Å². The van der Waals surface area contributed by atoms with Crippen molar-refractivity contribution in [2.75, 3.05) is 19.5 Å². The summed E-state index contributed by atoms with van der Waals surface area (Å²) in [6, 6.07) is 12.7. The maximum Gasteiger partial charge on any atom is 0.338 e. The lowest BCUT2D eigenvalue weighted by Gasteiger charge is -2.39. The summed E-state index contributed by atoms with van der Waals surface area (Å²) in [5.74, 6) is 0.964. The fourth-order valence-corrected chi connectivity index (χ4v) is 6.40. The van der Waals surface area contributed by atoms with E-state index < -0.39 is 0 Å². The van der Waals surface area contributed by atoms with Gasteiger partial charge in [0.1, 0.15) is 6.61 Å². The molecule has 0 saturated heterocycles. The average molecular weight is 624 g/mol. The Morgan fingerprint density at radius 1 is 1.08 bits per heavy atom. The molecule has 0 amide bonds. The highest BCUT2D eigenvalue weighted by atomic mass is 79.9. The molecule has 37 heavy (non-hydrogen) atoms. The number of carbonyl (C=O) groups is 1. The van der Waals surface area contributed by atoms with Crippen molar-refractivity contribution in [1.29, 1.82) is 0 Å². The number of allylic oxidation sites excluding steroid dienone is 2. The highest BCUT2D eigenvalue weighted by molar-refractivity contribution is 9.10. The molecule has 0 saturated carbocycles. The van der Waals surface area contributed by atoms with E-state index in [4.69, 9.17) is 49.0 Å². The molecule has 0 aromatic heterocycles. The molecule has 0 radical (unpaired) electrons. The first-order valence-corrected chi connectivity index (χ1v) is 13.5. The van der Waals surface area contributed by atoms with Gasteiger partial charge < -0.3 is 19.5 Å². The summed E-state index contributed by atoms with van der Waals surface area (Å²) < 4.78 is 17.6. The number of anilines is 1. The van der Waals surface area contributed by atoms with E-state index >= 15 is 0 Å². The molecular weight excluding hydrogens is 601 g/mol. The van der Waals surface area contributed by atoms with Crippen LogP contribution in [0.25, 0.3) is 0 Å². The van der Waals surface area contributed by atoms with Crippen LogP contribution in [0.4, 0.5) is 5.69 Å². The summed E-state index contributed by atoms with van der Waals surface area (Å²) in [6.45, 7) is 0.250. The van der Waals surface area contributed by atoms with Crippen LogP contribution < -0.4 is 14.8 Å². The normalized spacial score (nSPS) is 19.6. The number of hydrogen-bond donors (Lipinski definition) is 1. The van der Waals surface area contributed by atoms with Gasteiger partial charge in [-0.1, -0.05) is 53.0 Å². The molecule has 5 rings (SSSR count). The molecule has 0 fully saturated rings. The van der Waals surface area contributed by atoms with E-state index in [1.807, 2.05) is 18.2 Å². The van der Waals surface area contributed by atoms with Crippen LogP contribution in [0, 0.1) is 5.92 Å². The second kappa shape index (κ2) is 10.8. The van der Waals surface area contributed by atoms with Gasteiger partial charge in [-0.2, -0.15) is 0 Å². The Morgan fingerprint density at radius 2 is 1.89 bits per heavy atom. The molecule has 3 aromatic carbocycles. The molecule has 0 bridgehead atoms. The summed E-state index contributed by atoms with van der Waals surface area (Å²) >= 11 is 22.6. The zero-order chi connectivity index (χ0) is 26.3. The van der Waals surface area contributed by atoms with Crippen molar-refractivity contribution in [1.82, 2.24) is 0 Å². The van der Waals surface area contributed by atoms with E-state index in [0.717, 1.165) is 33.3 Å². The highest BCUT2D eigenvalue weighted by Crippen LogP contribution is 2.54. The van der Waals surface area contributed by atoms with Crippen LogP contribution >= 0.6 is 50.7 Å².